The minimum absolute atomic E-state index is 0.162. The van der Waals surface area contributed by atoms with Gasteiger partial charge in [-0.15, -0.1) is 0 Å². The monoisotopic (exact) mass is 628 g/mol. The molecule has 0 aromatic heterocycles. The third kappa shape index (κ3) is 6.06. The fraction of sp³-hybridized carbons (Fsp3) is 0.757. The third-order valence-electron chi connectivity index (χ3n) is 12.9. The van der Waals surface area contributed by atoms with E-state index in [1.807, 2.05) is 0 Å². The predicted molar refractivity (Wildman–Crippen MR) is 172 cm³/mol. The molecule has 45 heavy (non-hydrogen) atoms. The molecule has 0 spiro atoms. The zero-order valence-corrected chi connectivity index (χ0v) is 28.6. The molecular formula is C37H56O8. The molecule has 2 saturated carbocycles. The molecule has 0 radical (unpaired) electrons. The topological polar surface area (TPSA) is 141 Å². The number of fused-ring (bicyclic) bond motifs is 5. The van der Waals surface area contributed by atoms with Crippen molar-refractivity contribution in [2.75, 3.05) is 0 Å². The lowest BCUT2D eigenvalue weighted by Gasteiger charge is -2.61. The van der Waals surface area contributed by atoms with Crippen LogP contribution in [0.4, 0.5) is 0 Å². The zero-order chi connectivity index (χ0) is 33.9. The largest absolute Gasteiger partial charge is 0.481 e. The van der Waals surface area contributed by atoms with E-state index in [2.05, 4.69) is 67.2 Å². The van der Waals surface area contributed by atoms with Gasteiger partial charge in [0, 0.05) is 16.7 Å². The first-order chi connectivity index (χ1) is 20.6. The molecule has 2 fully saturated rings. The van der Waals surface area contributed by atoms with Gasteiger partial charge in [-0.25, -0.2) is 0 Å². The molecule has 4 N–H and O–H groups in total. The fourth-order valence-corrected chi connectivity index (χ4v) is 10.0. The van der Waals surface area contributed by atoms with Crippen molar-refractivity contribution < 1.29 is 39.5 Å². The summed E-state index contributed by atoms with van der Waals surface area (Å²) < 4.78 is 5.96. The number of rotatable bonds is 11. The molecule has 0 aliphatic heterocycles. The van der Waals surface area contributed by atoms with Crippen LogP contribution in [0.1, 0.15) is 113 Å². The van der Waals surface area contributed by atoms with Crippen molar-refractivity contribution in [2.24, 2.45) is 45.3 Å². The molecule has 4 aliphatic carbocycles. The lowest BCUT2D eigenvalue weighted by Crippen LogP contribution is -2.55. The number of carboxylic acids is 2. The predicted octanol–water partition coefficient (Wildman–Crippen LogP) is 6.70. The first kappa shape index (κ1) is 35.4. The number of allylic oxidation sites excluding steroid dienone is 5. The summed E-state index contributed by atoms with van der Waals surface area (Å²) in [5.41, 5.74) is 0.479. The van der Waals surface area contributed by atoms with Gasteiger partial charge < -0.3 is 25.2 Å². The van der Waals surface area contributed by atoms with Crippen LogP contribution in [0.5, 0.6) is 0 Å². The number of esters is 1. The molecule has 0 heterocycles. The Morgan fingerprint density at radius 2 is 1.71 bits per heavy atom. The zero-order valence-electron chi connectivity index (χ0n) is 28.6. The standard InChI is InChI=1S/C37H56O8/c1-21(2)22(3)10-11-23(32(42)43)31-26(38)18-37(9)25-12-13-27-33(4,5)28(45-30(41)20-34(6,44)19-29(39)40)15-16-35(27,7)24(25)14-17-36(31,37)8/h12,14,21,23,26-28,31,38,44H,3,10-11,13,15-20H2,1-2,4-9H3,(H,39,40)(H,42,43)/t23-,26-,27+,28-,31+,34+,35-,36-,37+/m1/s1. The number of aliphatic hydroxyl groups excluding tert-OH is 1. The average Bonchev–Trinajstić information content (AvgIpc) is 3.09. The van der Waals surface area contributed by atoms with Crippen LogP contribution in [0, 0.1) is 45.3 Å². The number of aliphatic carboxylic acids is 2. The number of aliphatic hydroxyl groups is 2. The van der Waals surface area contributed by atoms with Gasteiger partial charge in [0.2, 0.25) is 0 Å². The quantitative estimate of drug-likeness (QED) is 0.146. The van der Waals surface area contributed by atoms with E-state index in [1.165, 1.54) is 18.1 Å². The summed E-state index contributed by atoms with van der Waals surface area (Å²) in [6, 6.07) is 0. The van der Waals surface area contributed by atoms with Gasteiger partial charge in [0.25, 0.3) is 0 Å². The number of carbonyl (C=O) groups is 3. The van der Waals surface area contributed by atoms with Crippen molar-refractivity contribution >= 4 is 17.9 Å². The van der Waals surface area contributed by atoms with Crippen molar-refractivity contribution in [3.63, 3.8) is 0 Å². The molecule has 0 aromatic rings. The molecule has 0 saturated heterocycles. The normalized spacial score (nSPS) is 37.2. The molecule has 8 nitrogen and oxygen atoms in total. The Labute approximate surface area is 269 Å². The van der Waals surface area contributed by atoms with Gasteiger partial charge in [-0.1, -0.05) is 72.8 Å². The van der Waals surface area contributed by atoms with Crippen LogP contribution in [0.2, 0.25) is 0 Å². The highest BCUT2D eigenvalue weighted by atomic mass is 16.5. The molecule has 4 aliphatic rings. The highest BCUT2D eigenvalue weighted by Gasteiger charge is 2.66. The SMILES string of the molecule is C=C(CC[C@@H](C(=O)O)[C@H]1[C@H](O)C[C@@]2(C)C3=CC[C@H]4C(C)(C)[C@H](OC(=O)C[C@@](C)(O)CC(=O)O)CC[C@]4(C)C3=CC[C@]12C)C(C)C. The molecule has 0 bridgehead atoms. The Bertz CT molecular complexity index is 1290. The Morgan fingerprint density at radius 1 is 1.07 bits per heavy atom. The minimum atomic E-state index is -1.68. The first-order valence-electron chi connectivity index (χ1n) is 16.7. The molecule has 0 amide bonds. The molecule has 4 rings (SSSR count). The third-order valence-corrected chi connectivity index (χ3v) is 12.9. The van der Waals surface area contributed by atoms with Crippen molar-refractivity contribution in [2.45, 2.75) is 131 Å². The van der Waals surface area contributed by atoms with E-state index in [0.29, 0.717) is 32.1 Å². The van der Waals surface area contributed by atoms with Crippen LogP contribution in [0.15, 0.2) is 35.5 Å². The van der Waals surface area contributed by atoms with Crippen LogP contribution in [-0.4, -0.2) is 56.1 Å². The van der Waals surface area contributed by atoms with E-state index in [-0.39, 0.29) is 41.1 Å². The van der Waals surface area contributed by atoms with Crippen LogP contribution in [0.25, 0.3) is 0 Å². The second-order valence-electron chi connectivity index (χ2n) is 16.6. The maximum atomic E-state index is 12.9. The van der Waals surface area contributed by atoms with Crippen LogP contribution >= 0.6 is 0 Å². The van der Waals surface area contributed by atoms with Crippen molar-refractivity contribution in [1.82, 2.24) is 0 Å². The van der Waals surface area contributed by atoms with E-state index < -0.39 is 52.8 Å². The molecule has 252 valence electrons. The van der Waals surface area contributed by atoms with Gasteiger partial charge in [0.15, 0.2) is 0 Å². The Hall–Kier alpha value is -2.45. The van der Waals surface area contributed by atoms with Crippen LogP contribution < -0.4 is 0 Å². The molecule has 8 heteroatoms. The van der Waals surface area contributed by atoms with E-state index in [0.717, 1.165) is 18.4 Å². The summed E-state index contributed by atoms with van der Waals surface area (Å²) in [6.07, 6.45) is 7.12. The summed E-state index contributed by atoms with van der Waals surface area (Å²) in [5.74, 6) is -3.21. The second kappa shape index (κ2) is 12.0. The second-order valence-corrected chi connectivity index (χ2v) is 16.6. The average molecular weight is 629 g/mol. The highest BCUT2D eigenvalue weighted by molar-refractivity contribution is 5.74. The van der Waals surface area contributed by atoms with Gasteiger partial charge in [-0.05, 0) is 85.7 Å². The number of hydrogen-bond acceptors (Lipinski definition) is 6. The van der Waals surface area contributed by atoms with E-state index in [4.69, 9.17) is 9.84 Å². The lowest BCUT2D eigenvalue weighted by molar-refractivity contribution is -0.173. The van der Waals surface area contributed by atoms with Crippen molar-refractivity contribution in [3.05, 3.63) is 35.5 Å². The summed E-state index contributed by atoms with van der Waals surface area (Å²) in [4.78, 5) is 36.7. The first-order valence-corrected chi connectivity index (χ1v) is 16.7. The van der Waals surface area contributed by atoms with Gasteiger partial charge in [-0.2, -0.15) is 0 Å². The van der Waals surface area contributed by atoms with Crippen molar-refractivity contribution in [1.29, 1.82) is 0 Å². The van der Waals surface area contributed by atoms with E-state index in [1.54, 1.807) is 0 Å². The van der Waals surface area contributed by atoms with Gasteiger partial charge >= 0.3 is 17.9 Å². The molecule has 0 aromatic carbocycles. The number of ether oxygens (including phenoxy) is 1. The minimum Gasteiger partial charge on any atom is -0.481 e. The highest BCUT2D eigenvalue weighted by Crippen LogP contribution is 2.72. The van der Waals surface area contributed by atoms with Crippen LogP contribution in [0.3, 0.4) is 0 Å². The smallest absolute Gasteiger partial charge is 0.309 e. The Balaban J connectivity index is 1.60. The van der Waals surface area contributed by atoms with E-state index in [9.17, 15) is 29.7 Å². The number of carbonyl (C=O) groups excluding carboxylic acids is 1. The van der Waals surface area contributed by atoms with E-state index >= 15 is 0 Å². The van der Waals surface area contributed by atoms with Crippen molar-refractivity contribution in [3.8, 4) is 0 Å². The Morgan fingerprint density at radius 3 is 2.29 bits per heavy atom. The maximum absolute atomic E-state index is 12.9. The molecular weight excluding hydrogens is 572 g/mol. The fourth-order valence-electron chi connectivity index (χ4n) is 10.0. The van der Waals surface area contributed by atoms with Gasteiger partial charge in [0.1, 0.15) is 6.10 Å². The summed E-state index contributed by atoms with van der Waals surface area (Å²) in [7, 11) is 0. The summed E-state index contributed by atoms with van der Waals surface area (Å²) in [5, 5.41) is 41.6. The summed E-state index contributed by atoms with van der Waals surface area (Å²) >= 11 is 0. The number of carboxylic acid groups (broad SMARTS) is 2. The maximum Gasteiger partial charge on any atom is 0.309 e. The van der Waals surface area contributed by atoms with Crippen LogP contribution in [-0.2, 0) is 19.1 Å². The molecule has 9 atom stereocenters. The lowest BCUT2D eigenvalue weighted by atomic mass is 9.44. The molecule has 0 unspecified atom stereocenters. The summed E-state index contributed by atoms with van der Waals surface area (Å²) in [6.45, 7) is 20.6. The van der Waals surface area contributed by atoms with Gasteiger partial charge in [0.05, 0.1) is 30.5 Å². The number of hydrogen-bond donors (Lipinski definition) is 4. The Kier molecular flexibility index (Phi) is 9.42. The van der Waals surface area contributed by atoms with Gasteiger partial charge in [-0.3, -0.25) is 14.4 Å².